The lowest BCUT2D eigenvalue weighted by molar-refractivity contribution is -0.114. The van der Waals surface area contributed by atoms with E-state index in [0.717, 1.165) is 6.26 Å². The monoisotopic (exact) mass is 306 g/mol. The highest BCUT2D eigenvalue weighted by Crippen LogP contribution is 2.26. The Kier molecular flexibility index (Phi) is 4.18. The molecule has 0 radical (unpaired) electrons. The Balaban J connectivity index is 2.44. The van der Waals surface area contributed by atoms with Crippen LogP contribution in [-0.2, 0) is 14.8 Å². The van der Waals surface area contributed by atoms with Crippen LogP contribution in [0.5, 0.6) is 0 Å². The summed E-state index contributed by atoms with van der Waals surface area (Å²) in [4.78, 5) is 19.2. The van der Waals surface area contributed by atoms with E-state index in [2.05, 4.69) is 20.0 Å². The number of aromatic nitrogens is 2. The van der Waals surface area contributed by atoms with Crippen molar-refractivity contribution in [3.05, 3.63) is 36.7 Å². The SMILES string of the molecule is CC(=O)Nc1cccc(-c2nccnc2NS(C)(=O)=O)c1. The fourth-order valence-corrected chi connectivity index (χ4v) is 2.25. The van der Waals surface area contributed by atoms with Gasteiger partial charge in [-0.05, 0) is 12.1 Å². The normalized spacial score (nSPS) is 11.0. The van der Waals surface area contributed by atoms with E-state index in [0.29, 0.717) is 16.9 Å². The number of carbonyl (C=O) groups excluding carboxylic acids is 1. The number of nitrogens with one attached hydrogen (secondary N) is 2. The maximum absolute atomic E-state index is 11.4. The number of sulfonamides is 1. The summed E-state index contributed by atoms with van der Waals surface area (Å²) in [6, 6.07) is 6.91. The minimum Gasteiger partial charge on any atom is -0.326 e. The zero-order valence-corrected chi connectivity index (χ0v) is 12.3. The number of carbonyl (C=O) groups is 1. The number of amides is 1. The summed E-state index contributed by atoms with van der Waals surface area (Å²) in [5.74, 6) is -0.0549. The van der Waals surface area contributed by atoms with Gasteiger partial charge in [0.25, 0.3) is 0 Å². The van der Waals surface area contributed by atoms with Crippen molar-refractivity contribution >= 4 is 27.4 Å². The number of hydrogen-bond donors (Lipinski definition) is 2. The average molecular weight is 306 g/mol. The second kappa shape index (κ2) is 5.88. The van der Waals surface area contributed by atoms with Crippen molar-refractivity contribution in [2.45, 2.75) is 6.92 Å². The highest BCUT2D eigenvalue weighted by atomic mass is 32.2. The maximum Gasteiger partial charge on any atom is 0.231 e. The number of benzene rings is 1. The Morgan fingerprint density at radius 2 is 1.90 bits per heavy atom. The van der Waals surface area contributed by atoms with Gasteiger partial charge in [0.05, 0.1) is 6.26 Å². The molecule has 2 aromatic rings. The first-order chi connectivity index (χ1) is 9.85. The van der Waals surface area contributed by atoms with E-state index >= 15 is 0 Å². The van der Waals surface area contributed by atoms with Crippen LogP contribution in [0.25, 0.3) is 11.3 Å². The highest BCUT2D eigenvalue weighted by Gasteiger charge is 2.12. The number of hydrogen-bond acceptors (Lipinski definition) is 5. The molecule has 0 saturated carbocycles. The molecule has 0 bridgehead atoms. The summed E-state index contributed by atoms with van der Waals surface area (Å²) < 4.78 is 25.0. The Labute approximate surface area is 122 Å². The fraction of sp³-hybridized carbons (Fsp3) is 0.154. The van der Waals surface area contributed by atoms with Gasteiger partial charge in [-0.3, -0.25) is 14.5 Å². The first-order valence-corrected chi connectivity index (χ1v) is 7.91. The second-order valence-electron chi connectivity index (χ2n) is 4.39. The van der Waals surface area contributed by atoms with Gasteiger partial charge in [0.2, 0.25) is 15.9 Å². The standard InChI is InChI=1S/C13H14N4O3S/c1-9(18)16-11-5-3-4-10(8-11)12-13(15-7-6-14-12)17-21(2,19)20/h3-8H,1-2H3,(H,15,17)(H,16,18). The van der Waals surface area contributed by atoms with Gasteiger partial charge in [0.15, 0.2) is 5.82 Å². The summed E-state index contributed by atoms with van der Waals surface area (Å²) in [5, 5.41) is 2.66. The number of nitrogens with zero attached hydrogens (tertiary/aromatic N) is 2. The van der Waals surface area contributed by atoms with Crippen LogP contribution in [0.2, 0.25) is 0 Å². The molecule has 0 unspecified atom stereocenters. The Morgan fingerprint density at radius 1 is 1.19 bits per heavy atom. The maximum atomic E-state index is 11.4. The van der Waals surface area contributed by atoms with Crippen LogP contribution in [0.15, 0.2) is 36.7 Å². The minimum atomic E-state index is -3.46. The zero-order valence-electron chi connectivity index (χ0n) is 11.5. The van der Waals surface area contributed by atoms with Crippen LogP contribution < -0.4 is 10.0 Å². The van der Waals surface area contributed by atoms with Crippen molar-refractivity contribution < 1.29 is 13.2 Å². The Morgan fingerprint density at radius 3 is 2.57 bits per heavy atom. The third kappa shape index (κ3) is 4.25. The number of anilines is 2. The molecular weight excluding hydrogens is 292 g/mol. The third-order valence-corrected chi connectivity index (χ3v) is 3.00. The zero-order chi connectivity index (χ0) is 15.5. The molecule has 1 aromatic carbocycles. The summed E-state index contributed by atoms with van der Waals surface area (Å²) >= 11 is 0. The summed E-state index contributed by atoms with van der Waals surface area (Å²) in [5.41, 5.74) is 1.62. The van der Waals surface area contributed by atoms with E-state index in [-0.39, 0.29) is 11.7 Å². The van der Waals surface area contributed by atoms with E-state index in [4.69, 9.17) is 0 Å². The van der Waals surface area contributed by atoms with Crippen LogP contribution in [-0.4, -0.2) is 30.5 Å². The number of rotatable bonds is 4. The minimum absolute atomic E-state index is 0.139. The molecule has 2 rings (SSSR count). The molecule has 1 aromatic heterocycles. The van der Waals surface area contributed by atoms with E-state index < -0.39 is 10.0 Å². The molecule has 0 aliphatic heterocycles. The van der Waals surface area contributed by atoms with Crippen LogP contribution in [0.3, 0.4) is 0 Å². The van der Waals surface area contributed by atoms with Crippen molar-refractivity contribution in [2.24, 2.45) is 0 Å². The largest absolute Gasteiger partial charge is 0.326 e. The topological polar surface area (TPSA) is 101 Å². The van der Waals surface area contributed by atoms with Gasteiger partial charge in [-0.15, -0.1) is 0 Å². The van der Waals surface area contributed by atoms with Gasteiger partial charge in [-0.25, -0.2) is 13.4 Å². The van der Waals surface area contributed by atoms with Crippen LogP contribution in [0.4, 0.5) is 11.5 Å². The first kappa shape index (κ1) is 14.9. The lowest BCUT2D eigenvalue weighted by Gasteiger charge is -2.09. The van der Waals surface area contributed by atoms with Crippen molar-refractivity contribution in [3.8, 4) is 11.3 Å². The van der Waals surface area contributed by atoms with E-state index in [1.165, 1.54) is 19.3 Å². The molecule has 7 nitrogen and oxygen atoms in total. The molecule has 21 heavy (non-hydrogen) atoms. The summed E-state index contributed by atoms with van der Waals surface area (Å²) in [6.07, 6.45) is 3.90. The van der Waals surface area contributed by atoms with E-state index in [1.807, 2.05) is 0 Å². The van der Waals surface area contributed by atoms with Crippen molar-refractivity contribution in [1.29, 1.82) is 0 Å². The molecule has 0 saturated heterocycles. The van der Waals surface area contributed by atoms with Crippen LogP contribution in [0.1, 0.15) is 6.92 Å². The molecule has 0 aliphatic rings. The molecule has 1 heterocycles. The Hall–Kier alpha value is -2.48. The molecule has 2 N–H and O–H groups in total. The van der Waals surface area contributed by atoms with Gasteiger partial charge < -0.3 is 5.32 Å². The van der Waals surface area contributed by atoms with Crippen LogP contribution in [0, 0.1) is 0 Å². The predicted octanol–water partition coefficient (Wildman–Crippen LogP) is 1.47. The molecule has 110 valence electrons. The van der Waals surface area contributed by atoms with Crippen molar-refractivity contribution in [2.75, 3.05) is 16.3 Å². The molecule has 0 fully saturated rings. The van der Waals surface area contributed by atoms with Crippen molar-refractivity contribution in [1.82, 2.24) is 9.97 Å². The van der Waals surface area contributed by atoms with Gasteiger partial charge in [-0.2, -0.15) is 0 Å². The summed E-state index contributed by atoms with van der Waals surface area (Å²) in [7, 11) is -3.46. The van der Waals surface area contributed by atoms with Gasteiger partial charge >= 0.3 is 0 Å². The van der Waals surface area contributed by atoms with Gasteiger partial charge in [0.1, 0.15) is 5.69 Å². The first-order valence-electron chi connectivity index (χ1n) is 6.02. The molecule has 0 atom stereocenters. The average Bonchev–Trinajstić information content (AvgIpc) is 2.37. The quantitative estimate of drug-likeness (QED) is 0.891. The lowest BCUT2D eigenvalue weighted by atomic mass is 10.1. The predicted molar refractivity (Wildman–Crippen MR) is 80.2 cm³/mol. The lowest BCUT2D eigenvalue weighted by Crippen LogP contribution is -2.12. The summed E-state index contributed by atoms with van der Waals surface area (Å²) in [6.45, 7) is 1.41. The fourth-order valence-electron chi connectivity index (χ4n) is 1.75. The van der Waals surface area contributed by atoms with Gasteiger partial charge in [0, 0.05) is 30.6 Å². The smallest absolute Gasteiger partial charge is 0.231 e. The Bertz CT molecular complexity index is 774. The molecule has 0 aliphatic carbocycles. The molecule has 8 heteroatoms. The van der Waals surface area contributed by atoms with Crippen LogP contribution >= 0.6 is 0 Å². The highest BCUT2D eigenvalue weighted by molar-refractivity contribution is 7.92. The van der Waals surface area contributed by atoms with E-state index in [1.54, 1.807) is 24.3 Å². The van der Waals surface area contributed by atoms with Gasteiger partial charge in [-0.1, -0.05) is 12.1 Å². The third-order valence-electron chi connectivity index (χ3n) is 2.44. The van der Waals surface area contributed by atoms with Crippen molar-refractivity contribution in [3.63, 3.8) is 0 Å². The molecule has 0 spiro atoms. The van der Waals surface area contributed by atoms with E-state index in [9.17, 15) is 13.2 Å². The second-order valence-corrected chi connectivity index (χ2v) is 6.14. The molecule has 1 amide bonds. The molecular formula is C13H14N4O3S.